The van der Waals surface area contributed by atoms with Gasteiger partial charge in [0, 0.05) is 0 Å². The molecular formula is C18H15NO4. The molecule has 0 amide bonds. The van der Waals surface area contributed by atoms with Crippen LogP contribution in [0.25, 0.3) is 6.08 Å². The van der Waals surface area contributed by atoms with E-state index in [-0.39, 0.29) is 11.6 Å². The summed E-state index contributed by atoms with van der Waals surface area (Å²) in [7, 11) is 3.08. The van der Waals surface area contributed by atoms with Gasteiger partial charge >= 0.3 is 5.97 Å². The molecule has 0 aromatic heterocycles. The lowest BCUT2D eigenvalue weighted by Gasteiger charge is -2.11. The van der Waals surface area contributed by atoms with Gasteiger partial charge in [0.1, 0.15) is 17.1 Å². The van der Waals surface area contributed by atoms with Gasteiger partial charge in [-0.25, -0.2) is 9.79 Å². The molecule has 0 saturated carbocycles. The van der Waals surface area contributed by atoms with Crippen molar-refractivity contribution < 1.29 is 19.0 Å². The number of hydrogen-bond acceptors (Lipinski definition) is 5. The third kappa shape index (κ3) is 2.94. The number of aliphatic imine (C=N–C) groups is 1. The van der Waals surface area contributed by atoms with E-state index < -0.39 is 5.97 Å². The van der Waals surface area contributed by atoms with Crippen LogP contribution in [0.1, 0.15) is 11.1 Å². The average Bonchev–Trinajstić information content (AvgIpc) is 2.95. The Hall–Kier alpha value is -3.08. The molecule has 3 rings (SSSR count). The molecule has 0 unspecified atom stereocenters. The molecule has 1 aliphatic heterocycles. The predicted octanol–water partition coefficient (Wildman–Crippen LogP) is 3.05. The molecule has 2 aromatic rings. The predicted molar refractivity (Wildman–Crippen MR) is 86.6 cm³/mol. The molecule has 5 heteroatoms. The smallest absolute Gasteiger partial charge is 0.363 e. The van der Waals surface area contributed by atoms with Crippen molar-refractivity contribution >= 4 is 17.9 Å². The lowest BCUT2D eigenvalue weighted by atomic mass is 10.1. The maximum Gasteiger partial charge on any atom is 0.363 e. The first-order chi connectivity index (χ1) is 11.2. The maximum absolute atomic E-state index is 12.1. The molecule has 0 radical (unpaired) electrons. The Bertz CT molecular complexity index is 772. The Morgan fingerprint density at radius 2 is 1.61 bits per heavy atom. The minimum atomic E-state index is -0.503. The lowest BCUT2D eigenvalue weighted by molar-refractivity contribution is -0.129. The molecule has 2 aromatic carbocycles. The topological polar surface area (TPSA) is 57.1 Å². The summed E-state index contributed by atoms with van der Waals surface area (Å²) < 4.78 is 15.9. The quantitative estimate of drug-likeness (QED) is 0.643. The number of esters is 1. The summed E-state index contributed by atoms with van der Waals surface area (Å²) in [6.45, 7) is 0. The van der Waals surface area contributed by atoms with Gasteiger partial charge in [0.25, 0.3) is 0 Å². The van der Waals surface area contributed by atoms with E-state index in [1.807, 2.05) is 30.3 Å². The fourth-order valence-corrected chi connectivity index (χ4v) is 2.29. The van der Waals surface area contributed by atoms with Gasteiger partial charge in [-0.15, -0.1) is 0 Å². The van der Waals surface area contributed by atoms with Crippen LogP contribution < -0.4 is 9.47 Å². The number of carbonyl (C=O) groups excluding carboxylic acids is 1. The van der Waals surface area contributed by atoms with Gasteiger partial charge in [0.2, 0.25) is 5.90 Å². The molecule has 0 saturated heterocycles. The van der Waals surface area contributed by atoms with Crippen molar-refractivity contribution in [2.45, 2.75) is 0 Å². The molecular weight excluding hydrogens is 294 g/mol. The zero-order valence-corrected chi connectivity index (χ0v) is 12.8. The Morgan fingerprint density at radius 1 is 0.957 bits per heavy atom. The first-order valence-electron chi connectivity index (χ1n) is 7.02. The van der Waals surface area contributed by atoms with Gasteiger partial charge < -0.3 is 14.2 Å². The van der Waals surface area contributed by atoms with Gasteiger partial charge in [-0.3, -0.25) is 0 Å². The zero-order valence-electron chi connectivity index (χ0n) is 12.8. The van der Waals surface area contributed by atoms with E-state index in [0.29, 0.717) is 17.1 Å². The molecule has 5 nitrogen and oxygen atoms in total. The highest BCUT2D eigenvalue weighted by molar-refractivity contribution is 6.14. The van der Waals surface area contributed by atoms with Gasteiger partial charge in [-0.05, 0) is 23.8 Å². The van der Waals surface area contributed by atoms with Crippen LogP contribution in [0.3, 0.4) is 0 Å². The standard InChI is InChI=1S/C18H15NO4/c1-21-14-9-6-10-15(22-2)16(14)17-19-13(18(20)23-17)11-12-7-4-3-5-8-12/h3-11H,1-2H3/b13-11+. The Labute approximate surface area is 133 Å². The van der Waals surface area contributed by atoms with E-state index in [1.54, 1.807) is 24.3 Å². The van der Waals surface area contributed by atoms with Crippen LogP contribution in [0, 0.1) is 0 Å². The highest BCUT2D eigenvalue weighted by Gasteiger charge is 2.28. The van der Waals surface area contributed by atoms with Crippen LogP contribution in [0.15, 0.2) is 59.2 Å². The molecule has 23 heavy (non-hydrogen) atoms. The number of benzene rings is 2. The van der Waals surface area contributed by atoms with Crippen LogP contribution in [0.4, 0.5) is 0 Å². The van der Waals surface area contributed by atoms with Crippen molar-refractivity contribution in [3.8, 4) is 11.5 Å². The van der Waals surface area contributed by atoms with Gasteiger partial charge in [0.05, 0.1) is 14.2 Å². The van der Waals surface area contributed by atoms with Crippen molar-refractivity contribution in [2.24, 2.45) is 4.99 Å². The Morgan fingerprint density at radius 3 is 2.22 bits per heavy atom. The number of methoxy groups -OCH3 is 2. The average molecular weight is 309 g/mol. The van der Waals surface area contributed by atoms with Crippen molar-refractivity contribution in [2.75, 3.05) is 14.2 Å². The molecule has 116 valence electrons. The number of ether oxygens (including phenoxy) is 3. The second-order valence-electron chi connectivity index (χ2n) is 4.78. The van der Waals surface area contributed by atoms with Crippen LogP contribution in [-0.2, 0) is 9.53 Å². The molecule has 0 bridgehead atoms. The van der Waals surface area contributed by atoms with Gasteiger partial charge in [-0.1, -0.05) is 36.4 Å². The van der Waals surface area contributed by atoms with Crippen molar-refractivity contribution in [3.05, 3.63) is 65.4 Å². The number of hydrogen-bond donors (Lipinski definition) is 0. The molecule has 0 atom stereocenters. The molecule has 0 spiro atoms. The summed E-state index contributed by atoms with van der Waals surface area (Å²) >= 11 is 0. The SMILES string of the molecule is COc1cccc(OC)c1C1=N/C(=C/c2ccccc2)C(=O)O1. The van der Waals surface area contributed by atoms with Crippen LogP contribution in [0.2, 0.25) is 0 Å². The zero-order chi connectivity index (χ0) is 16.2. The fourth-order valence-electron chi connectivity index (χ4n) is 2.29. The van der Waals surface area contributed by atoms with Gasteiger partial charge in [0.15, 0.2) is 5.70 Å². The number of nitrogens with zero attached hydrogens (tertiary/aromatic N) is 1. The van der Waals surface area contributed by atoms with Crippen LogP contribution in [0.5, 0.6) is 11.5 Å². The highest BCUT2D eigenvalue weighted by Crippen LogP contribution is 2.32. The second-order valence-corrected chi connectivity index (χ2v) is 4.78. The molecule has 1 aliphatic rings. The summed E-state index contributed by atoms with van der Waals surface area (Å²) in [5, 5.41) is 0. The second kappa shape index (κ2) is 6.36. The number of carbonyl (C=O) groups is 1. The summed E-state index contributed by atoms with van der Waals surface area (Å²) in [5.74, 6) is 0.719. The highest BCUT2D eigenvalue weighted by atomic mass is 16.6. The minimum Gasteiger partial charge on any atom is -0.496 e. The van der Waals surface area contributed by atoms with E-state index in [2.05, 4.69) is 4.99 Å². The minimum absolute atomic E-state index is 0.173. The monoisotopic (exact) mass is 309 g/mol. The van der Waals surface area contributed by atoms with Crippen molar-refractivity contribution in [1.29, 1.82) is 0 Å². The van der Waals surface area contributed by atoms with E-state index in [0.717, 1.165) is 5.56 Å². The maximum atomic E-state index is 12.1. The van der Waals surface area contributed by atoms with Gasteiger partial charge in [-0.2, -0.15) is 0 Å². The third-order valence-corrected chi connectivity index (χ3v) is 3.37. The fraction of sp³-hybridized carbons (Fsp3) is 0.111. The van der Waals surface area contributed by atoms with E-state index in [4.69, 9.17) is 14.2 Å². The van der Waals surface area contributed by atoms with Crippen LogP contribution in [-0.4, -0.2) is 26.1 Å². The summed E-state index contributed by atoms with van der Waals surface area (Å²) in [6, 6.07) is 14.8. The third-order valence-electron chi connectivity index (χ3n) is 3.37. The summed E-state index contributed by atoms with van der Waals surface area (Å²) in [5.41, 5.74) is 1.62. The van der Waals surface area contributed by atoms with E-state index >= 15 is 0 Å². The number of rotatable bonds is 4. The Balaban J connectivity index is 2.04. The van der Waals surface area contributed by atoms with Crippen molar-refractivity contribution in [1.82, 2.24) is 0 Å². The number of cyclic esters (lactones) is 1. The molecule has 1 heterocycles. The summed E-state index contributed by atoms with van der Waals surface area (Å²) in [4.78, 5) is 16.4. The normalized spacial score (nSPS) is 15.3. The first kappa shape index (κ1) is 14.8. The molecule has 0 aliphatic carbocycles. The van der Waals surface area contributed by atoms with E-state index in [9.17, 15) is 4.79 Å². The van der Waals surface area contributed by atoms with Crippen LogP contribution >= 0.6 is 0 Å². The van der Waals surface area contributed by atoms with E-state index in [1.165, 1.54) is 14.2 Å². The molecule has 0 N–H and O–H groups in total. The molecule has 0 fully saturated rings. The summed E-state index contributed by atoms with van der Waals surface area (Å²) in [6.07, 6.45) is 1.68. The largest absolute Gasteiger partial charge is 0.496 e. The first-order valence-corrected chi connectivity index (χ1v) is 7.02. The van der Waals surface area contributed by atoms with Crippen molar-refractivity contribution in [3.63, 3.8) is 0 Å². The Kier molecular flexibility index (Phi) is 4.10. The lowest BCUT2D eigenvalue weighted by Crippen LogP contribution is -2.08.